The third-order valence-electron chi connectivity index (χ3n) is 12.7. The van der Waals surface area contributed by atoms with Crippen molar-refractivity contribution in [1.82, 2.24) is 0 Å². The number of ether oxygens (including phenoxy) is 3. The topological polar surface area (TPSA) is 78.9 Å². The molecule has 0 aromatic rings. The molecule has 0 N–H and O–H groups in total. The van der Waals surface area contributed by atoms with Gasteiger partial charge in [-0.05, 0) is 25.2 Å². The monoisotopic (exact) mass is 849 g/mol. The van der Waals surface area contributed by atoms with Crippen LogP contribution in [0.3, 0.4) is 0 Å². The summed E-state index contributed by atoms with van der Waals surface area (Å²) in [6.45, 7) is 9.00. The molecule has 0 aromatic carbocycles. The van der Waals surface area contributed by atoms with Gasteiger partial charge < -0.3 is 14.2 Å². The van der Waals surface area contributed by atoms with E-state index in [0.29, 0.717) is 19.3 Å². The molecule has 0 aliphatic carbocycles. The molecule has 356 valence electrons. The second-order valence-electron chi connectivity index (χ2n) is 18.8. The largest absolute Gasteiger partial charge is 0.462 e. The van der Waals surface area contributed by atoms with Gasteiger partial charge in [-0.3, -0.25) is 14.4 Å². The molecule has 0 aliphatic rings. The molecular formula is C54H104O6. The number of carbonyl (C=O) groups is 3. The molecule has 1 unspecified atom stereocenters. The minimum Gasteiger partial charge on any atom is -0.462 e. The van der Waals surface area contributed by atoms with Gasteiger partial charge in [0.05, 0.1) is 0 Å². The Morgan fingerprint density at radius 2 is 0.583 bits per heavy atom. The molecule has 6 nitrogen and oxygen atoms in total. The Hall–Kier alpha value is -1.59. The SMILES string of the molecule is CCCCCCCCCCCCCCCCCCCCCC(=O)OC[C@H](COC(=O)CCCCCCCCCCCCCCCCC(C)CC)OC(=O)CCCCCCC. The molecule has 0 fully saturated rings. The highest BCUT2D eigenvalue weighted by Crippen LogP contribution is 2.18. The van der Waals surface area contributed by atoms with Gasteiger partial charge in [0.15, 0.2) is 6.10 Å². The highest BCUT2D eigenvalue weighted by atomic mass is 16.6. The highest BCUT2D eigenvalue weighted by Gasteiger charge is 2.19. The van der Waals surface area contributed by atoms with Crippen molar-refractivity contribution < 1.29 is 28.6 Å². The van der Waals surface area contributed by atoms with Crippen LogP contribution in [0.4, 0.5) is 0 Å². The third kappa shape index (κ3) is 45.9. The van der Waals surface area contributed by atoms with E-state index in [4.69, 9.17) is 14.2 Å². The fourth-order valence-electron chi connectivity index (χ4n) is 8.19. The minimum absolute atomic E-state index is 0.0642. The van der Waals surface area contributed by atoms with Crippen molar-refractivity contribution in [2.45, 2.75) is 310 Å². The lowest BCUT2D eigenvalue weighted by Crippen LogP contribution is -2.30. The van der Waals surface area contributed by atoms with E-state index in [-0.39, 0.29) is 31.1 Å². The lowest BCUT2D eigenvalue weighted by molar-refractivity contribution is -0.167. The van der Waals surface area contributed by atoms with Crippen LogP contribution in [-0.2, 0) is 28.6 Å². The van der Waals surface area contributed by atoms with Crippen LogP contribution in [-0.4, -0.2) is 37.2 Å². The van der Waals surface area contributed by atoms with Gasteiger partial charge in [0.1, 0.15) is 13.2 Å². The van der Waals surface area contributed by atoms with Crippen molar-refractivity contribution >= 4 is 17.9 Å². The first-order valence-corrected chi connectivity index (χ1v) is 26.9. The molecule has 6 heteroatoms. The van der Waals surface area contributed by atoms with Crippen LogP contribution >= 0.6 is 0 Å². The minimum atomic E-state index is -0.759. The van der Waals surface area contributed by atoms with Gasteiger partial charge in [0.2, 0.25) is 0 Å². The van der Waals surface area contributed by atoms with Crippen molar-refractivity contribution in [3.63, 3.8) is 0 Å². The van der Waals surface area contributed by atoms with Gasteiger partial charge in [-0.2, -0.15) is 0 Å². The van der Waals surface area contributed by atoms with Gasteiger partial charge in [0.25, 0.3) is 0 Å². The lowest BCUT2D eigenvalue weighted by Gasteiger charge is -2.18. The predicted molar refractivity (Wildman–Crippen MR) is 257 cm³/mol. The summed E-state index contributed by atoms with van der Waals surface area (Å²) in [5, 5.41) is 0. The first kappa shape index (κ1) is 58.4. The maximum Gasteiger partial charge on any atom is 0.306 e. The second kappa shape index (κ2) is 48.4. The number of carbonyl (C=O) groups excluding carboxylic acids is 3. The van der Waals surface area contributed by atoms with E-state index in [1.54, 1.807) is 0 Å². The van der Waals surface area contributed by atoms with E-state index < -0.39 is 6.10 Å². The smallest absolute Gasteiger partial charge is 0.306 e. The van der Waals surface area contributed by atoms with Gasteiger partial charge >= 0.3 is 17.9 Å². The fraction of sp³-hybridized carbons (Fsp3) is 0.944. The molecule has 0 amide bonds. The van der Waals surface area contributed by atoms with E-state index in [1.807, 2.05) is 0 Å². The highest BCUT2D eigenvalue weighted by molar-refractivity contribution is 5.71. The molecule has 0 spiro atoms. The van der Waals surface area contributed by atoms with Gasteiger partial charge in [-0.15, -0.1) is 0 Å². The summed E-state index contributed by atoms with van der Waals surface area (Å²) in [6, 6.07) is 0. The molecule has 0 aromatic heterocycles. The normalized spacial score (nSPS) is 12.4. The first-order valence-electron chi connectivity index (χ1n) is 26.9. The Labute approximate surface area is 374 Å². The number of hydrogen-bond acceptors (Lipinski definition) is 6. The van der Waals surface area contributed by atoms with Crippen molar-refractivity contribution in [2.24, 2.45) is 5.92 Å². The maximum absolute atomic E-state index is 12.6. The van der Waals surface area contributed by atoms with Crippen molar-refractivity contribution in [2.75, 3.05) is 13.2 Å². The summed E-state index contributed by atoms with van der Waals surface area (Å²) in [5.41, 5.74) is 0. The van der Waals surface area contributed by atoms with Crippen molar-refractivity contribution in [3.05, 3.63) is 0 Å². The lowest BCUT2D eigenvalue weighted by atomic mass is 9.99. The Balaban J connectivity index is 4.03. The van der Waals surface area contributed by atoms with E-state index in [0.717, 1.165) is 70.1 Å². The molecule has 0 rings (SSSR count). The van der Waals surface area contributed by atoms with Crippen LogP contribution < -0.4 is 0 Å². The summed E-state index contributed by atoms with van der Waals surface area (Å²) in [4.78, 5) is 37.7. The van der Waals surface area contributed by atoms with Crippen LogP contribution in [0.2, 0.25) is 0 Å². The van der Waals surface area contributed by atoms with Crippen molar-refractivity contribution in [1.29, 1.82) is 0 Å². The zero-order chi connectivity index (χ0) is 43.8. The Kier molecular flexibility index (Phi) is 47.2. The summed E-state index contributed by atoms with van der Waals surface area (Å²) in [6.07, 6.45) is 51.3. The number of unbranched alkanes of at least 4 members (excludes halogenated alkanes) is 35. The Bertz CT molecular complexity index is 905. The molecule has 60 heavy (non-hydrogen) atoms. The van der Waals surface area contributed by atoms with Crippen LogP contribution in [0.1, 0.15) is 304 Å². The van der Waals surface area contributed by atoms with Gasteiger partial charge in [-0.25, -0.2) is 0 Å². The summed E-state index contributed by atoms with van der Waals surface area (Å²) >= 11 is 0. The molecule has 0 aliphatic heterocycles. The summed E-state index contributed by atoms with van der Waals surface area (Å²) in [7, 11) is 0. The fourth-order valence-corrected chi connectivity index (χ4v) is 8.19. The number of rotatable bonds is 49. The molecule has 0 heterocycles. The van der Waals surface area contributed by atoms with Crippen LogP contribution in [0.5, 0.6) is 0 Å². The Morgan fingerprint density at radius 1 is 0.333 bits per heavy atom. The second-order valence-corrected chi connectivity index (χ2v) is 18.8. The van der Waals surface area contributed by atoms with Crippen LogP contribution in [0.25, 0.3) is 0 Å². The average molecular weight is 849 g/mol. The van der Waals surface area contributed by atoms with Gasteiger partial charge in [-0.1, -0.05) is 265 Å². The molecular weight excluding hydrogens is 745 g/mol. The predicted octanol–water partition coefficient (Wildman–Crippen LogP) is 17.5. The van der Waals surface area contributed by atoms with Crippen molar-refractivity contribution in [3.8, 4) is 0 Å². The van der Waals surface area contributed by atoms with Gasteiger partial charge in [0, 0.05) is 19.3 Å². The molecule has 0 saturated carbocycles. The zero-order valence-electron chi connectivity index (χ0n) is 40.9. The molecule has 2 atom stereocenters. The third-order valence-corrected chi connectivity index (χ3v) is 12.7. The summed E-state index contributed by atoms with van der Waals surface area (Å²) in [5.74, 6) is 0.0378. The van der Waals surface area contributed by atoms with E-state index >= 15 is 0 Å². The Morgan fingerprint density at radius 3 is 0.867 bits per heavy atom. The van der Waals surface area contributed by atoms with E-state index in [9.17, 15) is 14.4 Å². The standard InChI is InChI=1S/C54H104O6/c1-5-8-10-12-13-14-15-16-17-18-19-20-21-25-28-31-34-38-41-45-52(55)58-48-51(60-54(57)47-43-36-11-9-6-2)49-59-53(56)46-42-39-35-32-29-26-23-22-24-27-30-33-37-40-44-50(4)7-3/h50-51H,5-49H2,1-4H3/t50?,51-/m1/s1. The zero-order valence-corrected chi connectivity index (χ0v) is 40.9. The van der Waals surface area contributed by atoms with Crippen LogP contribution in [0, 0.1) is 5.92 Å². The molecule has 0 saturated heterocycles. The van der Waals surface area contributed by atoms with E-state index in [1.165, 1.54) is 193 Å². The first-order chi connectivity index (χ1) is 29.4. The number of hydrogen-bond donors (Lipinski definition) is 0. The quantitative estimate of drug-likeness (QED) is 0.0345. The summed E-state index contributed by atoms with van der Waals surface area (Å²) < 4.78 is 16.7. The number of esters is 3. The van der Waals surface area contributed by atoms with E-state index in [2.05, 4.69) is 27.7 Å². The molecule has 0 bridgehead atoms. The average Bonchev–Trinajstić information content (AvgIpc) is 3.24. The maximum atomic E-state index is 12.6. The van der Waals surface area contributed by atoms with Crippen LogP contribution in [0.15, 0.2) is 0 Å². The molecule has 0 radical (unpaired) electrons.